The Morgan fingerprint density at radius 3 is 2.44 bits per heavy atom. The Morgan fingerprint density at radius 2 is 1.85 bits per heavy atom. The highest BCUT2D eigenvalue weighted by Crippen LogP contribution is 2.15. The average molecular weight is 426 g/mol. The van der Waals surface area contributed by atoms with Crippen LogP contribution >= 0.6 is 23.8 Å². The minimum absolute atomic E-state index is 0.0910. The zero-order chi connectivity index (χ0) is 20.0. The first kappa shape index (κ1) is 21.3. The van der Waals surface area contributed by atoms with E-state index in [2.05, 4.69) is 15.4 Å². The fourth-order valence-electron chi connectivity index (χ4n) is 2.10. The molecule has 0 heterocycles. The molecule has 9 heteroatoms. The second-order valence-electron chi connectivity index (χ2n) is 5.87. The van der Waals surface area contributed by atoms with Crippen molar-refractivity contribution in [3.05, 3.63) is 59.1 Å². The van der Waals surface area contributed by atoms with E-state index in [-0.39, 0.29) is 16.0 Å². The molecule has 0 spiro atoms. The number of amides is 1. The Balaban J connectivity index is 1.99. The van der Waals surface area contributed by atoms with E-state index in [1.165, 1.54) is 18.2 Å². The molecular formula is C18H20ClN3O3S2. The normalized spacial score (nSPS) is 12.3. The smallest absolute Gasteiger partial charge is 0.257 e. The highest BCUT2D eigenvalue weighted by molar-refractivity contribution is 7.89. The van der Waals surface area contributed by atoms with Crippen molar-refractivity contribution in [2.45, 2.75) is 31.2 Å². The van der Waals surface area contributed by atoms with Crippen LogP contribution in [0.1, 0.15) is 30.6 Å². The van der Waals surface area contributed by atoms with Crippen LogP contribution in [0.3, 0.4) is 0 Å². The highest BCUT2D eigenvalue weighted by atomic mass is 35.5. The summed E-state index contributed by atoms with van der Waals surface area (Å²) >= 11 is 11.0. The van der Waals surface area contributed by atoms with Crippen molar-refractivity contribution in [1.82, 2.24) is 10.0 Å². The fraction of sp³-hybridized carbons (Fsp3) is 0.222. The van der Waals surface area contributed by atoms with Crippen molar-refractivity contribution in [2.75, 3.05) is 5.32 Å². The van der Waals surface area contributed by atoms with Crippen LogP contribution in [0, 0.1) is 0 Å². The van der Waals surface area contributed by atoms with Crippen molar-refractivity contribution in [1.29, 1.82) is 0 Å². The van der Waals surface area contributed by atoms with Crippen molar-refractivity contribution >= 4 is 50.5 Å². The molecule has 0 aliphatic carbocycles. The lowest BCUT2D eigenvalue weighted by Crippen LogP contribution is -2.34. The van der Waals surface area contributed by atoms with Gasteiger partial charge in [0.2, 0.25) is 10.0 Å². The number of sulfonamides is 1. The number of thiocarbonyl (C=S) groups is 1. The van der Waals surface area contributed by atoms with Crippen LogP contribution in [0.25, 0.3) is 0 Å². The van der Waals surface area contributed by atoms with Crippen LogP contribution < -0.4 is 15.4 Å². The fourth-order valence-corrected chi connectivity index (χ4v) is 3.83. The molecular weight excluding hydrogens is 406 g/mol. The van der Waals surface area contributed by atoms with E-state index in [0.29, 0.717) is 22.7 Å². The van der Waals surface area contributed by atoms with Crippen LogP contribution in [0.2, 0.25) is 5.02 Å². The number of hydrogen-bond acceptors (Lipinski definition) is 4. The van der Waals surface area contributed by atoms with E-state index >= 15 is 0 Å². The van der Waals surface area contributed by atoms with E-state index in [0.717, 1.165) is 0 Å². The predicted molar refractivity (Wildman–Crippen MR) is 112 cm³/mol. The molecule has 2 aromatic carbocycles. The number of hydrogen-bond donors (Lipinski definition) is 3. The Morgan fingerprint density at radius 1 is 1.19 bits per heavy atom. The molecule has 6 nitrogen and oxygen atoms in total. The number of halogens is 1. The molecule has 3 N–H and O–H groups in total. The number of carbonyl (C=O) groups is 1. The summed E-state index contributed by atoms with van der Waals surface area (Å²) in [6, 6.07) is 12.4. The number of nitrogens with one attached hydrogen (secondary N) is 3. The first-order valence-corrected chi connectivity index (χ1v) is 10.5. The van der Waals surface area contributed by atoms with Gasteiger partial charge in [-0.3, -0.25) is 10.1 Å². The summed E-state index contributed by atoms with van der Waals surface area (Å²) in [4.78, 5) is 12.3. The van der Waals surface area contributed by atoms with Gasteiger partial charge in [0.25, 0.3) is 5.91 Å². The van der Waals surface area contributed by atoms with Crippen LogP contribution in [0.4, 0.5) is 5.69 Å². The lowest BCUT2D eigenvalue weighted by atomic mass is 10.2. The largest absolute Gasteiger partial charge is 0.332 e. The summed E-state index contributed by atoms with van der Waals surface area (Å²) in [7, 11) is -3.57. The standard InChI is InChI=1S/C18H20ClN3O3S2/c1-3-12(2)22-27(24,25)16-9-7-15(8-10-16)20-18(26)21-17(23)13-5-4-6-14(19)11-13/h4-12,22H,3H2,1-2H3,(H2,20,21,23,26). The Kier molecular flexibility index (Phi) is 7.32. The molecule has 0 radical (unpaired) electrons. The second-order valence-corrected chi connectivity index (χ2v) is 8.43. The van der Waals surface area contributed by atoms with E-state index in [1.54, 1.807) is 37.3 Å². The molecule has 0 saturated carbocycles. The van der Waals surface area contributed by atoms with Crippen molar-refractivity contribution < 1.29 is 13.2 Å². The van der Waals surface area contributed by atoms with Crippen LogP contribution in [-0.4, -0.2) is 25.5 Å². The zero-order valence-corrected chi connectivity index (χ0v) is 17.2. The Labute approximate surface area is 169 Å². The SMILES string of the molecule is CCC(C)NS(=O)(=O)c1ccc(NC(=S)NC(=O)c2cccc(Cl)c2)cc1. The third kappa shape index (κ3) is 6.28. The first-order chi connectivity index (χ1) is 12.7. The highest BCUT2D eigenvalue weighted by Gasteiger charge is 2.16. The maximum absolute atomic E-state index is 12.2. The molecule has 0 aliphatic rings. The molecule has 1 unspecified atom stereocenters. The van der Waals surface area contributed by atoms with Crippen molar-refractivity contribution in [3.63, 3.8) is 0 Å². The molecule has 1 amide bonds. The molecule has 0 fully saturated rings. The molecule has 2 aromatic rings. The maximum Gasteiger partial charge on any atom is 0.257 e. The van der Waals surface area contributed by atoms with E-state index in [4.69, 9.17) is 23.8 Å². The molecule has 144 valence electrons. The summed E-state index contributed by atoms with van der Waals surface area (Å²) in [6.45, 7) is 3.70. The maximum atomic E-state index is 12.2. The monoisotopic (exact) mass is 425 g/mol. The quantitative estimate of drug-likeness (QED) is 0.616. The van der Waals surface area contributed by atoms with Gasteiger partial charge in [-0.25, -0.2) is 13.1 Å². The second kappa shape index (κ2) is 9.27. The molecule has 0 saturated heterocycles. The number of rotatable bonds is 6. The van der Waals surface area contributed by atoms with Gasteiger partial charge < -0.3 is 5.32 Å². The Hall–Kier alpha value is -2.00. The van der Waals surface area contributed by atoms with Crippen molar-refractivity contribution in [3.8, 4) is 0 Å². The van der Waals surface area contributed by atoms with Crippen LogP contribution in [0.15, 0.2) is 53.4 Å². The minimum atomic E-state index is -3.57. The minimum Gasteiger partial charge on any atom is -0.332 e. The van der Waals surface area contributed by atoms with Gasteiger partial charge in [-0.1, -0.05) is 24.6 Å². The molecule has 2 rings (SSSR count). The summed E-state index contributed by atoms with van der Waals surface area (Å²) in [5, 5.41) is 5.92. The molecule has 0 aromatic heterocycles. The number of carbonyl (C=O) groups excluding carboxylic acids is 1. The van der Waals surface area contributed by atoms with E-state index in [9.17, 15) is 13.2 Å². The van der Waals surface area contributed by atoms with Gasteiger partial charge in [-0.15, -0.1) is 0 Å². The van der Waals surface area contributed by atoms with Gasteiger partial charge in [0.15, 0.2) is 5.11 Å². The lowest BCUT2D eigenvalue weighted by Gasteiger charge is -2.13. The molecule has 27 heavy (non-hydrogen) atoms. The van der Waals surface area contributed by atoms with E-state index in [1.807, 2.05) is 6.92 Å². The zero-order valence-electron chi connectivity index (χ0n) is 14.8. The molecule has 0 aliphatic heterocycles. The summed E-state index contributed by atoms with van der Waals surface area (Å²) in [6.07, 6.45) is 0.694. The topological polar surface area (TPSA) is 87.3 Å². The third-order valence-electron chi connectivity index (χ3n) is 3.71. The average Bonchev–Trinajstić information content (AvgIpc) is 2.61. The van der Waals surface area contributed by atoms with Gasteiger partial charge in [0.05, 0.1) is 4.90 Å². The summed E-state index contributed by atoms with van der Waals surface area (Å²) in [5.41, 5.74) is 0.929. The first-order valence-electron chi connectivity index (χ1n) is 8.21. The molecule has 1 atom stereocenters. The van der Waals surface area contributed by atoms with Crippen molar-refractivity contribution in [2.24, 2.45) is 0 Å². The van der Waals surface area contributed by atoms with Gasteiger partial charge in [0, 0.05) is 22.3 Å². The summed E-state index contributed by atoms with van der Waals surface area (Å²) in [5.74, 6) is -0.396. The van der Waals surface area contributed by atoms with Crippen LogP contribution in [0.5, 0.6) is 0 Å². The molecule has 0 bridgehead atoms. The van der Waals surface area contributed by atoms with Gasteiger partial charge in [0.1, 0.15) is 0 Å². The van der Waals surface area contributed by atoms with Gasteiger partial charge in [-0.2, -0.15) is 0 Å². The van der Waals surface area contributed by atoms with Crippen LogP contribution in [-0.2, 0) is 10.0 Å². The summed E-state index contributed by atoms with van der Waals surface area (Å²) < 4.78 is 27.1. The Bertz CT molecular complexity index is 931. The van der Waals surface area contributed by atoms with Gasteiger partial charge in [-0.05, 0) is 68.0 Å². The third-order valence-corrected chi connectivity index (χ3v) is 5.75. The number of benzene rings is 2. The number of anilines is 1. The van der Waals surface area contributed by atoms with Gasteiger partial charge >= 0.3 is 0 Å². The van der Waals surface area contributed by atoms with E-state index < -0.39 is 15.9 Å². The lowest BCUT2D eigenvalue weighted by molar-refractivity contribution is 0.0977. The predicted octanol–water partition coefficient (Wildman–Crippen LogP) is 3.54.